The Balaban J connectivity index is 1.67. The van der Waals surface area contributed by atoms with E-state index < -0.39 is 11.7 Å². The molecule has 0 aliphatic carbocycles. The first kappa shape index (κ1) is 20.2. The minimum Gasteiger partial charge on any atom is -0.496 e. The summed E-state index contributed by atoms with van der Waals surface area (Å²) in [6, 6.07) is 10.8. The number of hydrogen-bond donors (Lipinski definition) is 0. The maximum Gasteiger partial charge on any atom is 0.416 e. The average Bonchev–Trinajstić information content (AvgIpc) is 2.68. The summed E-state index contributed by atoms with van der Waals surface area (Å²) < 4.78 is 44.2. The molecule has 0 saturated carbocycles. The first-order valence-electron chi connectivity index (χ1n) is 9.10. The molecule has 0 spiro atoms. The third kappa shape index (κ3) is 4.65. The number of ketones is 1. The summed E-state index contributed by atoms with van der Waals surface area (Å²) in [7, 11) is 1.60. The number of carbonyl (C=O) groups is 1. The zero-order valence-corrected chi connectivity index (χ0v) is 15.9. The molecular weight excluding hydrogens is 369 g/mol. The summed E-state index contributed by atoms with van der Waals surface area (Å²) in [5.41, 5.74) is 1.53. The molecule has 1 aliphatic rings. The number of anilines is 1. The van der Waals surface area contributed by atoms with Gasteiger partial charge < -0.3 is 9.64 Å². The van der Waals surface area contributed by atoms with E-state index in [4.69, 9.17) is 4.74 Å². The van der Waals surface area contributed by atoms with Crippen LogP contribution in [-0.2, 0) is 12.7 Å². The molecule has 150 valence electrons. The second kappa shape index (κ2) is 8.22. The molecule has 3 rings (SSSR count). The van der Waals surface area contributed by atoms with Crippen LogP contribution in [0.1, 0.15) is 28.4 Å². The van der Waals surface area contributed by atoms with Crippen LogP contribution in [0.3, 0.4) is 0 Å². The number of carbonyl (C=O) groups excluding carboxylic acids is 1. The number of piperazine rings is 1. The fourth-order valence-electron chi connectivity index (χ4n) is 3.41. The van der Waals surface area contributed by atoms with Crippen molar-refractivity contribution in [3.05, 3.63) is 59.2 Å². The van der Waals surface area contributed by atoms with Crippen LogP contribution < -0.4 is 9.64 Å². The van der Waals surface area contributed by atoms with Crippen molar-refractivity contribution in [2.24, 2.45) is 0 Å². The summed E-state index contributed by atoms with van der Waals surface area (Å²) in [6.07, 6.45) is -4.34. The molecule has 28 heavy (non-hydrogen) atoms. The zero-order valence-electron chi connectivity index (χ0n) is 15.9. The Hall–Kier alpha value is -2.54. The fourth-order valence-corrected chi connectivity index (χ4v) is 3.41. The molecule has 0 aromatic heterocycles. The molecule has 0 amide bonds. The number of Topliss-reactive ketones (excluding diaryl/α,β-unsaturated/α-hetero) is 1. The second-order valence-electron chi connectivity index (χ2n) is 6.89. The van der Waals surface area contributed by atoms with Gasteiger partial charge in [-0.1, -0.05) is 6.07 Å². The van der Waals surface area contributed by atoms with Gasteiger partial charge in [0.05, 0.1) is 12.7 Å². The van der Waals surface area contributed by atoms with Gasteiger partial charge in [0, 0.05) is 49.5 Å². The molecule has 2 aromatic carbocycles. The van der Waals surface area contributed by atoms with Crippen molar-refractivity contribution >= 4 is 11.5 Å². The maximum atomic E-state index is 12.9. The van der Waals surface area contributed by atoms with E-state index in [-0.39, 0.29) is 5.78 Å². The summed E-state index contributed by atoms with van der Waals surface area (Å²) in [4.78, 5) is 15.8. The molecule has 1 heterocycles. The van der Waals surface area contributed by atoms with Crippen molar-refractivity contribution in [1.29, 1.82) is 0 Å². The Morgan fingerprint density at radius 2 is 1.79 bits per heavy atom. The van der Waals surface area contributed by atoms with Gasteiger partial charge >= 0.3 is 6.18 Å². The number of methoxy groups -OCH3 is 1. The summed E-state index contributed by atoms with van der Waals surface area (Å²) in [5.74, 6) is 0.726. The topological polar surface area (TPSA) is 32.8 Å². The molecule has 0 radical (unpaired) electrons. The van der Waals surface area contributed by atoms with E-state index in [2.05, 4.69) is 4.90 Å². The van der Waals surface area contributed by atoms with Gasteiger partial charge in [-0.25, -0.2) is 0 Å². The van der Waals surface area contributed by atoms with Crippen molar-refractivity contribution in [3.63, 3.8) is 0 Å². The Labute approximate surface area is 162 Å². The number of benzene rings is 2. The van der Waals surface area contributed by atoms with E-state index >= 15 is 0 Å². The molecule has 2 aromatic rings. The molecule has 1 aliphatic heterocycles. The van der Waals surface area contributed by atoms with Gasteiger partial charge in [0.15, 0.2) is 5.78 Å². The third-order valence-corrected chi connectivity index (χ3v) is 4.99. The summed E-state index contributed by atoms with van der Waals surface area (Å²) >= 11 is 0. The number of alkyl halides is 3. The highest BCUT2D eigenvalue weighted by atomic mass is 19.4. The molecule has 4 nitrogen and oxygen atoms in total. The van der Waals surface area contributed by atoms with Crippen molar-refractivity contribution in [2.45, 2.75) is 19.6 Å². The van der Waals surface area contributed by atoms with Crippen LogP contribution in [0.2, 0.25) is 0 Å². The molecule has 0 N–H and O–H groups in total. The van der Waals surface area contributed by atoms with E-state index in [1.54, 1.807) is 25.3 Å². The first-order chi connectivity index (χ1) is 13.3. The van der Waals surface area contributed by atoms with Crippen LogP contribution >= 0.6 is 0 Å². The van der Waals surface area contributed by atoms with Gasteiger partial charge in [-0.2, -0.15) is 13.2 Å². The van der Waals surface area contributed by atoms with Gasteiger partial charge in [0.2, 0.25) is 0 Å². The van der Waals surface area contributed by atoms with E-state index in [9.17, 15) is 18.0 Å². The lowest BCUT2D eigenvalue weighted by molar-refractivity contribution is -0.137. The predicted octanol–water partition coefficient (Wildman–Crippen LogP) is 4.24. The van der Waals surface area contributed by atoms with Crippen LogP contribution in [0, 0.1) is 0 Å². The van der Waals surface area contributed by atoms with Gasteiger partial charge in [0.25, 0.3) is 0 Å². The van der Waals surface area contributed by atoms with E-state index in [1.165, 1.54) is 19.1 Å². The third-order valence-electron chi connectivity index (χ3n) is 4.99. The average molecular weight is 392 g/mol. The number of ether oxygens (including phenoxy) is 1. The van der Waals surface area contributed by atoms with Gasteiger partial charge in [0.1, 0.15) is 5.75 Å². The highest BCUT2D eigenvalue weighted by Crippen LogP contribution is 2.32. The monoisotopic (exact) mass is 392 g/mol. The lowest BCUT2D eigenvalue weighted by Gasteiger charge is -2.36. The van der Waals surface area contributed by atoms with Crippen LogP contribution in [0.5, 0.6) is 5.75 Å². The van der Waals surface area contributed by atoms with Crippen molar-refractivity contribution in [3.8, 4) is 5.75 Å². The highest BCUT2D eigenvalue weighted by molar-refractivity contribution is 5.94. The standard InChI is InChI=1S/C21H23F3N2O2/c1-15(27)16-6-7-20(28-2)17(12-16)14-25-8-10-26(11-9-25)19-5-3-4-18(13-19)21(22,23)24/h3-7,12-13H,8-11,14H2,1-2H3. The van der Waals surface area contributed by atoms with Gasteiger partial charge in [-0.3, -0.25) is 9.69 Å². The number of nitrogens with zero attached hydrogens (tertiary/aromatic N) is 2. The van der Waals surface area contributed by atoms with Crippen LogP contribution in [0.25, 0.3) is 0 Å². The second-order valence-corrected chi connectivity index (χ2v) is 6.89. The molecule has 0 bridgehead atoms. The predicted molar refractivity (Wildman–Crippen MR) is 102 cm³/mol. The lowest BCUT2D eigenvalue weighted by Crippen LogP contribution is -2.46. The quantitative estimate of drug-likeness (QED) is 0.713. The first-order valence-corrected chi connectivity index (χ1v) is 9.10. The molecular formula is C21H23F3N2O2. The molecule has 0 unspecified atom stereocenters. The van der Waals surface area contributed by atoms with Gasteiger partial charge in [-0.05, 0) is 43.3 Å². The van der Waals surface area contributed by atoms with Crippen LogP contribution in [0.4, 0.5) is 18.9 Å². The number of hydrogen-bond acceptors (Lipinski definition) is 4. The number of rotatable bonds is 5. The zero-order chi connectivity index (χ0) is 20.3. The largest absolute Gasteiger partial charge is 0.496 e. The Morgan fingerprint density at radius 3 is 2.39 bits per heavy atom. The minimum atomic E-state index is -4.34. The Kier molecular flexibility index (Phi) is 5.93. The summed E-state index contributed by atoms with van der Waals surface area (Å²) in [6.45, 7) is 4.85. The van der Waals surface area contributed by atoms with E-state index in [0.717, 1.165) is 17.4 Å². The summed E-state index contributed by atoms with van der Waals surface area (Å²) in [5, 5.41) is 0. The van der Waals surface area contributed by atoms with Crippen molar-refractivity contribution in [1.82, 2.24) is 4.90 Å². The minimum absolute atomic E-state index is 0.00160. The smallest absolute Gasteiger partial charge is 0.416 e. The number of halogens is 3. The van der Waals surface area contributed by atoms with Crippen LogP contribution in [0.15, 0.2) is 42.5 Å². The molecule has 1 saturated heterocycles. The molecule has 0 atom stereocenters. The SMILES string of the molecule is COc1ccc(C(C)=O)cc1CN1CCN(c2cccc(C(F)(F)F)c2)CC1. The van der Waals surface area contributed by atoms with E-state index in [1.807, 2.05) is 11.0 Å². The van der Waals surface area contributed by atoms with Crippen molar-refractivity contribution in [2.75, 3.05) is 38.2 Å². The normalized spacial score (nSPS) is 15.5. The Bertz CT molecular complexity index is 844. The lowest BCUT2D eigenvalue weighted by atomic mass is 10.1. The Morgan fingerprint density at radius 1 is 1.07 bits per heavy atom. The van der Waals surface area contributed by atoms with Gasteiger partial charge in [-0.15, -0.1) is 0 Å². The molecule has 7 heteroatoms. The maximum absolute atomic E-state index is 12.9. The van der Waals surface area contributed by atoms with Crippen LogP contribution in [-0.4, -0.2) is 44.0 Å². The molecule has 1 fully saturated rings. The van der Waals surface area contributed by atoms with E-state index in [0.29, 0.717) is 44.0 Å². The van der Waals surface area contributed by atoms with Crippen molar-refractivity contribution < 1.29 is 22.7 Å². The highest BCUT2D eigenvalue weighted by Gasteiger charge is 2.31. The fraction of sp³-hybridized carbons (Fsp3) is 0.381.